The zero-order chi connectivity index (χ0) is 12.5. The Balaban J connectivity index is 2.03. The normalized spacial score (nSPS) is 13.6. The Morgan fingerprint density at radius 1 is 1.28 bits per heavy atom. The molecule has 0 unspecified atom stereocenters. The highest BCUT2D eigenvalue weighted by Gasteiger charge is 2.16. The van der Waals surface area contributed by atoms with E-state index in [0.717, 1.165) is 30.7 Å². The van der Waals surface area contributed by atoms with Gasteiger partial charge >= 0.3 is 0 Å². The number of fused-ring (bicyclic) bond motifs is 1. The Bertz CT molecular complexity index is 651. The average Bonchev–Trinajstić information content (AvgIpc) is 2.81. The van der Waals surface area contributed by atoms with Gasteiger partial charge in [-0.05, 0) is 42.5 Å². The van der Waals surface area contributed by atoms with Crippen LogP contribution >= 0.6 is 11.6 Å². The lowest BCUT2D eigenvalue weighted by Gasteiger charge is -2.11. The van der Waals surface area contributed by atoms with Crippen LogP contribution in [0.15, 0.2) is 29.2 Å². The fourth-order valence-electron chi connectivity index (χ4n) is 2.43. The number of hydrogen-bond acceptors (Lipinski definition) is 3. The minimum absolute atomic E-state index is 0.0189. The highest BCUT2D eigenvalue weighted by molar-refractivity contribution is 6.28. The minimum Gasteiger partial charge on any atom is -0.306 e. The van der Waals surface area contributed by atoms with E-state index in [1.54, 1.807) is 22.9 Å². The van der Waals surface area contributed by atoms with Crippen molar-refractivity contribution in [3.8, 4) is 0 Å². The van der Waals surface area contributed by atoms with Crippen LogP contribution in [0.1, 0.15) is 23.4 Å². The number of nitrogens with zero attached hydrogens (tertiary/aromatic N) is 3. The van der Waals surface area contributed by atoms with Crippen molar-refractivity contribution in [3.05, 3.63) is 57.0 Å². The first-order valence-corrected chi connectivity index (χ1v) is 6.31. The molecule has 18 heavy (non-hydrogen) atoms. The third-order valence-corrected chi connectivity index (χ3v) is 3.44. The van der Waals surface area contributed by atoms with E-state index in [-0.39, 0.29) is 10.8 Å². The van der Waals surface area contributed by atoms with Crippen LogP contribution in [-0.2, 0) is 19.4 Å². The fourth-order valence-corrected chi connectivity index (χ4v) is 2.59. The van der Waals surface area contributed by atoms with Gasteiger partial charge in [-0.15, -0.1) is 0 Å². The van der Waals surface area contributed by atoms with E-state index in [1.165, 1.54) is 5.56 Å². The smallest absolute Gasteiger partial charge is 0.251 e. The topological polar surface area (TPSA) is 47.8 Å². The van der Waals surface area contributed by atoms with Crippen LogP contribution in [0.2, 0.25) is 5.28 Å². The van der Waals surface area contributed by atoms with Crippen molar-refractivity contribution in [1.82, 2.24) is 14.5 Å². The summed E-state index contributed by atoms with van der Waals surface area (Å²) in [4.78, 5) is 19.9. The van der Waals surface area contributed by atoms with Crippen molar-refractivity contribution < 1.29 is 0 Å². The second-order valence-corrected chi connectivity index (χ2v) is 4.74. The van der Waals surface area contributed by atoms with Gasteiger partial charge in [0.05, 0.1) is 12.2 Å². The van der Waals surface area contributed by atoms with Gasteiger partial charge in [-0.25, -0.2) is 9.97 Å². The van der Waals surface area contributed by atoms with Crippen molar-refractivity contribution in [2.24, 2.45) is 0 Å². The van der Waals surface area contributed by atoms with Crippen LogP contribution in [0.25, 0.3) is 0 Å². The Morgan fingerprint density at radius 2 is 2.17 bits per heavy atom. The summed E-state index contributed by atoms with van der Waals surface area (Å²) in [7, 11) is 0. The van der Waals surface area contributed by atoms with Crippen molar-refractivity contribution in [2.45, 2.75) is 25.8 Å². The molecule has 0 bridgehead atoms. The standard InChI is InChI=1S/C13H12ClN3O/c14-13-15-7-6-10(16-13)8-17-11-3-1-2-9(11)4-5-12(17)18/h4-7H,1-3,8H2. The molecule has 0 aliphatic heterocycles. The van der Waals surface area contributed by atoms with E-state index >= 15 is 0 Å². The SMILES string of the molecule is O=c1ccc2c(n1Cc1ccnc(Cl)n1)CCC2. The quantitative estimate of drug-likeness (QED) is 0.775. The van der Waals surface area contributed by atoms with E-state index in [0.29, 0.717) is 6.54 Å². The van der Waals surface area contributed by atoms with Crippen LogP contribution in [0.4, 0.5) is 0 Å². The molecule has 0 amide bonds. The van der Waals surface area contributed by atoms with E-state index in [9.17, 15) is 4.79 Å². The van der Waals surface area contributed by atoms with Gasteiger partial charge in [-0.3, -0.25) is 4.79 Å². The van der Waals surface area contributed by atoms with Crippen LogP contribution in [0.5, 0.6) is 0 Å². The molecule has 92 valence electrons. The summed E-state index contributed by atoms with van der Waals surface area (Å²) in [5, 5.41) is 0.216. The van der Waals surface area contributed by atoms with Crippen LogP contribution in [-0.4, -0.2) is 14.5 Å². The van der Waals surface area contributed by atoms with Gasteiger partial charge < -0.3 is 4.57 Å². The summed E-state index contributed by atoms with van der Waals surface area (Å²) in [6.45, 7) is 0.463. The van der Waals surface area contributed by atoms with Gasteiger partial charge in [0.15, 0.2) is 0 Å². The number of halogens is 1. The molecule has 4 nitrogen and oxygen atoms in total. The highest BCUT2D eigenvalue weighted by atomic mass is 35.5. The Labute approximate surface area is 109 Å². The lowest BCUT2D eigenvalue weighted by atomic mass is 10.2. The maximum atomic E-state index is 12.0. The summed E-state index contributed by atoms with van der Waals surface area (Å²) >= 11 is 5.76. The minimum atomic E-state index is 0.0189. The molecule has 0 N–H and O–H groups in total. The first-order chi connectivity index (χ1) is 8.74. The molecule has 0 aromatic carbocycles. The Kier molecular flexibility index (Phi) is 2.88. The zero-order valence-corrected chi connectivity index (χ0v) is 10.5. The molecule has 0 saturated heterocycles. The Hall–Kier alpha value is -1.68. The molecule has 5 heteroatoms. The molecule has 0 spiro atoms. The highest BCUT2D eigenvalue weighted by Crippen LogP contribution is 2.20. The van der Waals surface area contributed by atoms with E-state index in [1.807, 2.05) is 6.07 Å². The van der Waals surface area contributed by atoms with Crippen molar-refractivity contribution >= 4 is 11.6 Å². The molecule has 1 aliphatic rings. The number of aromatic nitrogens is 3. The molecule has 0 radical (unpaired) electrons. The lowest BCUT2D eigenvalue weighted by Crippen LogP contribution is -2.23. The number of rotatable bonds is 2. The molecular weight excluding hydrogens is 250 g/mol. The van der Waals surface area contributed by atoms with Gasteiger partial charge in [-0.2, -0.15) is 0 Å². The number of hydrogen-bond donors (Lipinski definition) is 0. The van der Waals surface area contributed by atoms with E-state index < -0.39 is 0 Å². The van der Waals surface area contributed by atoms with Crippen molar-refractivity contribution in [2.75, 3.05) is 0 Å². The lowest BCUT2D eigenvalue weighted by molar-refractivity contribution is 0.691. The summed E-state index contributed by atoms with van der Waals surface area (Å²) in [6, 6.07) is 5.35. The summed E-state index contributed by atoms with van der Waals surface area (Å²) in [5.74, 6) is 0. The van der Waals surface area contributed by atoms with Crippen LogP contribution < -0.4 is 5.56 Å². The van der Waals surface area contributed by atoms with Crippen molar-refractivity contribution in [1.29, 1.82) is 0 Å². The monoisotopic (exact) mass is 261 g/mol. The molecule has 3 rings (SSSR count). The first-order valence-electron chi connectivity index (χ1n) is 5.93. The number of aryl methyl sites for hydroxylation is 1. The molecule has 0 atom stereocenters. The summed E-state index contributed by atoms with van der Waals surface area (Å²) in [6.07, 6.45) is 4.74. The van der Waals surface area contributed by atoms with E-state index in [2.05, 4.69) is 9.97 Å². The molecule has 2 aromatic heterocycles. The Morgan fingerprint density at radius 3 is 3.00 bits per heavy atom. The first kappa shape index (κ1) is 11.4. The fraction of sp³-hybridized carbons (Fsp3) is 0.308. The van der Waals surface area contributed by atoms with Gasteiger partial charge in [0.2, 0.25) is 5.28 Å². The third kappa shape index (κ3) is 2.04. The molecule has 2 heterocycles. The predicted molar refractivity (Wildman–Crippen MR) is 68.9 cm³/mol. The predicted octanol–water partition coefficient (Wildman–Crippen LogP) is 1.83. The average molecular weight is 262 g/mol. The van der Waals surface area contributed by atoms with Gasteiger partial charge in [0.25, 0.3) is 5.56 Å². The van der Waals surface area contributed by atoms with Crippen LogP contribution in [0.3, 0.4) is 0 Å². The summed E-state index contributed by atoms with van der Waals surface area (Å²) in [5.41, 5.74) is 3.19. The summed E-state index contributed by atoms with van der Waals surface area (Å²) < 4.78 is 1.79. The molecular formula is C13H12ClN3O. The van der Waals surface area contributed by atoms with Gasteiger partial charge in [0.1, 0.15) is 0 Å². The molecule has 0 saturated carbocycles. The largest absolute Gasteiger partial charge is 0.306 e. The number of pyridine rings is 1. The maximum Gasteiger partial charge on any atom is 0.251 e. The second kappa shape index (κ2) is 4.53. The van der Waals surface area contributed by atoms with Crippen molar-refractivity contribution in [3.63, 3.8) is 0 Å². The molecule has 1 aliphatic carbocycles. The van der Waals surface area contributed by atoms with E-state index in [4.69, 9.17) is 11.6 Å². The molecule has 0 fully saturated rings. The second-order valence-electron chi connectivity index (χ2n) is 4.40. The molecule has 2 aromatic rings. The maximum absolute atomic E-state index is 12.0. The van der Waals surface area contributed by atoms with Crippen LogP contribution in [0, 0.1) is 0 Å². The van der Waals surface area contributed by atoms with Gasteiger partial charge in [0, 0.05) is 18.0 Å². The zero-order valence-electron chi connectivity index (χ0n) is 9.77. The van der Waals surface area contributed by atoms with Gasteiger partial charge in [-0.1, -0.05) is 6.07 Å². The third-order valence-electron chi connectivity index (χ3n) is 3.25.